The molecular formula is C17H21NO7S. The third-order valence-corrected chi connectivity index (χ3v) is 6.17. The molecule has 2 aliphatic heterocycles. The Morgan fingerprint density at radius 3 is 2.65 bits per heavy atom. The van der Waals surface area contributed by atoms with E-state index in [9.17, 15) is 18.0 Å². The summed E-state index contributed by atoms with van der Waals surface area (Å²) in [5.41, 5.74) is 0. The molecule has 2 atom stereocenters. The first-order valence-electron chi connectivity index (χ1n) is 8.44. The molecule has 0 saturated carbocycles. The minimum Gasteiger partial charge on any atom is -0.485 e. The number of esters is 1. The fraction of sp³-hybridized carbons (Fsp3) is 0.529. The molecule has 26 heavy (non-hydrogen) atoms. The number of amides is 1. The lowest BCUT2D eigenvalue weighted by Gasteiger charge is -2.28. The van der Waals surface area contributed by atoms with E-state index in [4.69, 9.17) is 14.2 Å². The van der Waals surface area contributed by atoms with Gasteiger partial charge in [-0.15, -0.1) is 0 Å². The van der Waals surface area contributed by atoms with Gasteiger partial charge in [0.05, 0.1) is 11.5 Å². The van der Waals surface area contributed by atoms with E-state index < -0.39 is 34.4 Å². The molecule has 3 rings (SSSR count). The molecule has 1 aromatic rings. The van der Waals surface area contributed by atoms with Crippen LogP contribution in [0.2, 0.25) is 0 Å². The van der Waals surface area contributed by atoms with Crippen molar-refractivity contribution in [3.63, 3.8) is 0 Å². The summed E-state index contributed by atoms with van der Waals surface area (Å²) in [6.07, 6.45) is -0.536. The Bertz CT molecular complexity index is 792. The highest BCUT2D eigenvalue weighted by Crippen LogP contribution is 2.31. The molecule has 0 aromatic heterocycles. The highest BCUT2D eigenvalue weighted by Gasteiger charge is 2.35. The summed E-state index contributed by atoms with van der Waals surface area (Å²) in [5.74, 6) is -0.0845. The molecule has 0 radical (unpaired) electrons. The van der Waals surface area contributed by atoms with Crippen molar-refractivity contribution in [2.45, 2.75) is 25.5 Å². The van der Waals surface area contributed by atoms with Crippen LogP contribution in [0, 0.1) is 0 Å². The number of carbonyl (C=O) groups excluding carboxylic acids is 2. The maximum absolute atomic E-state index is 12.3. The van der Waals surface area contributed by atoms with E-state index in [1.165, 1.54) is 4.90 Å². The number of carbonyl (C=O) groups is 2. The summed E-state index contributed by atoms with van der Waals surface area (Å²) in [6, 6.07) is 6.60. The molecule has 0 bridgehead atoms. The predicted molar refractivity (Wildman–Crippen MR) is 91.8 cm³/mol. The number of para-hydroxylation sites is 2. The zero-order chi connectivity index (χ0) is 18.7. The number of ether oxygens (including phenoxy) is 3. The van der Waals surface area contributed by atoms with Gasteiger partial charge in [0.1, 0.15) is 6.61 Å². The third-order valence-electron chi connectivity index (χ3n) is 4.42. The average Bonchev–Trinajstić information content (AvgIpc) is 2.99. The Kier molecular flexibility index (Phi) is 5.36. The number of benzene rings is 1. The monoisotopic (exact) mass is 383 g/mol. The molecule has 1 fully saturated rings. The lowest BCUT2D eigenvalue weighted by Crippen LogP contribution is -2.44. The number of likely N-dealkylation sites (N-methyl/N-ethyl adjacent to an activating group) is 1. The largest absolute Gasteiger partial charge is 0.485 e. The Labute approximate surface area is 151 Å². The van der Waals surface area contributed by atoms with Gasteiger partial charge >= 0.3 is 5.97 Å². The molecule has 1 amide bonds. The van der Waals surface area contributed by atoms with Crippen molar-refractivity contribution in [3.8, 4) is 11.5 Å². The van der Waals surface area contributed by atoms with Gasteiger partial charge in [-0.05, 0) is 25.5 Å². The van der Waals surface area contributed by atoms with Crippen molar-refractivity contribution in [1.82, 2.24) is 4.90 Å². The van der Waals surface area contributed by atoms with Gasteiger partial charge in [0, 0.05) is 12.6 Å². The van der Waals surface area contributed by atoms with Crippen LogP contribution in [0.15, 0.2) is 24.3 Å². The number of hydrogen-bond acceptors (Lipinski definition) is 7. The first-order chi connectivity index (χ1) is 12.4. The molecular weight excluding hydrogens is 362 g/mol. The average molecular weight is 383 g/mol. The molecule has 1 aromatic carbocycles. The van der Waals surface area contributed by atoms with Crippen molar-refractivity contribution in [2.24, 2.45) is 0 Å². The van der Waals surface area contributed by atoms with Crippen LogP contribution in [0.3, 0.4) is 0 Å². The van der Waals surface area contributed by atoms with Gasteiger partial charge in [0.25, 0.3) is 5.91 Å². The minimum atomic E-state index is -3.10. The highest BCUT2D eigenvalue weighted by molar-refractivity contribution is 7.91. The summed E-state index contributed by atoms with van der Waals surface area (Å²) in [5, 5.41) is 0. The highest BCUT2D eigenvalue weighted by atomic mass is 32.2. The van der Waals surface area contributed by atoms with E-state index in [0.29, 0.717) is 24.5 Å². The van der Waals surface area contributed by atoms with E-state index in [0.717, 1.165) is 0 Å². The van der Waals surface area contributed by atoms with Crippen LogP contribution >= 0.6 is 0 Å². The third kappa shape index (κ3) is 4.09. The van der Waals surface area contributed by atoms with E-state index in [-0.39, 0.29) is 24.2 Å². The van der Waals surface area contributed by atoms with Gasteiger partial charge in [-0.2, -0.15) is 0 Å². The van der Waals surface area contributed by atoms with Gasteiger partial charge in [-0.3, -0.25) is 4.79 Å². The van der Waals surface area contributed by atoms with Gasteiger partial charge in [0.15, 0.2) is 27.9 Å². The van der Waals surface area contributed by atoms with E-state index in [1.54, 1.807) is 31.2 Å². The van der Waals surface area contributed by atoms with Crippen LogP contribution in [0.1, 0.15) is 13.3 Å². The smallest absolute Gasteiger partial charge is 0.351 e. The van der Waals surface area contributed by atoms with Crippen molar-refractivity contribution in [2.75, 3.05) is 31.3 Å². The standard InChI is InChI=1S/C17H21NO7S/c1-2-18(12-7-8-26(21,22)11-12)16(19)10-24-17(20)15-9-23-13-5-3-4-6-14(13)25-15/h3-6,12,15H,2,7-11H2,1H3/t12-,15+/m1/s1. The number of fused-ring (bicyclic) bond motifs is 1. The summed E-state index contributed by atoms with van der Waals surface area (Å²) >= 11 is 0. The summed E-state index contributed by atoms with van der Waals surface area (Å²) in [6.45, 7) is 1.67. The van der Waals surface area contributed by atoms with Crippen LogP contribution in [-0.2, 0) is 24.2 Å². The van der Waals surface area contributed by atoms with Gasteiger partial charge < -0.3 is 19.1 Å². The van der Waals surface area contributed by atoms with Gasteiger partial charge in [-0.25, -0.2) is 13.2 Å². The second-order valence-corrected chi connectivity index (χ2v) is 8.44. The number of hydrogen-bond donors (Lipinski definition) is 0. The SMILES string of the molecule is CCN(C(=O)COC(=O)[C@@H]1COc2ccccc2O1)[C@@H]1CCS(=O)(=O)C1. The Morgan fingerprint density at radius 1 is 1.27 bits per heavy atom. The summed E-state index contributed by atoms with van der Waals surface area (Å²) < 4.78 is 39.3. The first kappa shape index (κ1) is 18.5. The van der Waals surface area contributed by atoms with Crippen molar-refractivity contribution in [3.05, 3.63) is 24.3 Å². The van der Waals surface area contributed by atoms with Crippen molar-refractivity contribution >= 4 is 21.7 Å². The van der Waals surface area contributed by atoms with Gasteiger partial charge in [0.2, 0.25) is 6.10 Å². The Balaban J connectivity index is 1.53. The molecule has 0 spiro atoms. The molecule has 2 aliphatic rings. The summed E-state index contributed by atoms with van der Waals surface area (Å²) in [7, 11) is -3.10. The first-order valence-corrected chi connectivity index (χ1v) is 10.3. The molecule has 142 valence electrons. The lowest BCUT2D eigenvalue weighted by atomic mass is 10.2. The normalized spacial score (nSPS) is 23.3. The second-order valence-electron chi connectivity index (χ2n) is 6.21. The second kappa shape index (κ2) is 7.53. The minimum absolute atomic E-state index is 0.00238. The maximum atomic E-state index is 12.3. The maximum Gasteiger partial charge on any atom is 0.351 e. The topological polar surface area (TPSA) is 99.2 Å². The van der Waals surface area contributed by atoms with Crippen molar-refractivity contribution < 1.29 is 32.2 Å². The Morgan fingerprint density at radius 2 is 2.00 bits per heavy atom. The van der Waals surface area contributed by atoms with E-state index >= 15 is 0 Å². The molecule has 0 unspecified atom stereocenters. The number of rotatable bonds is 5. The quantitative estimate of drug-likeness (QED) is 0.679. The van der Waals surface area contributed by atoms with E-state index in [1.807, 2.05) is 0 Å². The molecule has 8 nitrogen and oxygen atoms in total. The van der Waals surface area contributed by atoms with Gasteiger partial charge in [-0.1, -0.05) is 12.1 Å². The van der Waals surface area contributed by atoms with Crippen LogP contribution in [0.5, 0.6) is 11.5 Å². The summed E-state index contributed by atoms with van der Waals surface area (Å²) in [4.78, 5) is 25.9. The predicted octanol–water partition coefficient (Wildman–Crippen LogP) is 0.405. The fourth-order valence-corrected chi connectivity index (χ4v) is 4.83. The van der Waals surface area contributed by atoms with Crippen LogP contribution in [0.25, 0.3) is 0 Å². The van der Waals surface area contributed by atoms with Crippen molar-refractivity contribution in [1.29, 1.82) is 0 Å². The Hall–Kier alpha value is -2.29. The zero-order valence-corrected chi connectivity index (χ0v) is 15.2. The van der Waals surface area contributed by atoms with Crippen LogP contribution in [0.4, 0.5) is 0 Å². The fourth-order valence-electron chi connectivity index (χ4n) is 3.10. The number of sulfone groups is 1. The van der Waals surface area contributed by atoms with E-state index in [2.05, 4.69) is 0 Å². The lowest BCUT2D eigenvalue weighted by molar-refractivity contribution is -0.160. The molecule has 0 N–H and O–H groups in total. The molecule has 2 heterocycles. The number of nitrogens with zero attached hydrogens (tertiary/aromatic N) is 1. The zero-order valence-electron chi connectivity index (χ0n) is 14.4. The van der Waals surface area contributed by atoms with Crippen LogP contribution in [-0.4, -0.2) is 68.6 Å². The molecule has 9 heteroatoms. The van der Waals surface area contributed by atoms with Crippen LogP contribution < -0.4 is 9.47 Å². The molecule has 1 saturated heterocycles. The molecule has 0 aliphatic carbocycles.